The number of aryl methyl sites for hydroxylation is 1. The Labute approximate surface area is 96.8 Å². The Kier molecular flexibility index (Phi) is 5.26. The lowest BCUT2D eigenvalue weighted by Gasteiger charge is -2.12. The first-order valence-corrected chi connectivity index (χ1v) is 5.75. The largest absolute Gasteiger partial charge is 0.492 e. The monoisotopic (exact) mass is 225 g/mol. The smallest absolute Gasteiger partial charge is 0.129 e. The zero-order valence-corrected chi connectivity index (χ0v) is 10.2. The lowest BCUT2D eigenvalue weighted by molar-refractivity contribution is 0.304. The van der Waals surface area contributed by atoms with E-state index in [0.717, 1.165) is 13.0 Å². The predicted molar refractivity (Wildman–Crippen MR) is 64.4 cm³/mol. The van der Waals surface area contributed by atoms with Crippen molar-refractivity contribution in [2.24, 2.45) is 0 Å². The van der Waals surface area contributed by atoms with Crippen molar-refractivity contribution in [3.05, 3.63) is 29.6 Å². The molecule has 1 rings (SSSR count). The predicted octanol–water partition coefficient (Wildman–Crippen LogP) is 2.90. The molecule has 1 aromatic carbocycles. The SMILES string of the molecule is CCC(C)NCCOc1ccc(C)c(F)c1. The summed E-state index contributed by atoms with van der Waals surface area (Å²) in [5.41, 5.74) is 0.644. The van der Waals surface area contributed by atoms with Crippen LogP contribution in [0.3, 0.4) is 0 Å². The fraction of sp³-hybridized carbons (Fsp3) is 0.538. The van der Waals surface area contributed by atoms with E-state index >= 15 is 0 Å². The standard InChI is InChI=1S/C13H20FNO/c1-4-11(3)15-7-8-16-12-6-5-10(2)13(14)9-12/h5-6,9,11,15H,4,7-8H2,1-3H3. The van der Waals surface area contributed by atoms with Gasteiger partial charge in [-0.1, -0.05) is 13.0 Å². The maximum absolute atomic E-state index is 13.2. The summed E-state index contributed by atoms with van der Waals surface area (Å²) in [6.45, 7) is 7.35. The Balaban J connectivity index is 2.29. The number of rotatable bonds is 6. The third-order valence-corrected chi connectivity index (χ3v) is 2.62. The molecule has 0 aromatic heterocycles. The molecule has 0 aliphatic carbocycles. The van der Waals surface area contributed by atoms with Crippen LogP contribution >= 0.6 is 0 Å². The molecule has 0 spiro atoms. The third-order valence-electron chi connectivity index (χ3n) is 2.62. The normalized spacial score (nSPS) is 12.5. The summed E-state index contributed by atoms with van der Waals surface area (Å²) >= 11 is 0. The molecule has 16 heavy (non-hydrogen) atoms. The highest BCUT2D eigenvalue weighted by Crippen LogP contribution is 2.15. The molecule has 90 valence electrons. The van der Waals surface area contributed by atoms with Crippen LogP contribution in [0.1, 0.15) is 25.8 Å². The summed E-state index contributed by atoms with van der Waals surface area (Å²) in [7, 11) is 0. The molecule has 0 saturated carbocycles. The van der Waals surface area contributed by atoms with E-state index in [1.165, 1.54) is 6.07 Å². The molecule has 0 aliphatic heterocycles. The van der Waals surface area contributed by atoms with E-state index in [0.29, 0.717) is 24.0 Å². The average Bonchev–Trinajstić information content (AvgIpc) is 2.28. The van der Waals surface area contributed by atoms with Crippen molar-refractivity contribution in [1.29, 1.82) is 0 Å². The average molecular weight is 225 g/mol. The van der Waals surface area contributed by atoms with E-state index < -0.39 is 0 Å². The van der Waals surface area contributed by atoms with Gasteiger partial charge in [0.25, 0.3) is 0 Å². The number of ether oxygens (including phenoxy) is 1. The van der Waals surface area contributed by atoms with E-state index in [1.807, 2.05) is 0 Å². The Hall–Kier alpha value is -1.09. The van der Waals surface area contributed by atoms with Crippen LogP contribution in [0.5, 0.6) is 5.75 Å². The molecule has 1 unspecified atom stereocenters. The maximum Gasteiger partial charge on any atom is 0.129 e. The molecule has 1 N–H and O–H groups in total. The summed E-state index contributed by atoms with van der Waals surface area (Å²) in [4.78, 5) is 0. The molecule has 0 heterocycles. The lowest BCUT2D eigenvalue weighted by Crippen LogP contribution is -2.29. The van der Waals surface area contributed by atoms with Crippen LogP contribution in [0.2, 0.25) is 0 Å². The van der Waals surface area contributed by atoms with Crippen LogP contribution in [0, 0.1) is 12.7 Å². The topological polar surface area (TPSA) is 21.3 Å². The van der Waals surface area contributed by atoms with Crippen LogP contribution in [-0.2, 0) is 0 Å². The molecule has 0 amide bonds. The van der Waals surface area contributed by atoms with Crippen LogP contribution in [0.25, 0.3) is 0 Å². The highest BCUT2D eigenvalue weighted by atomic mass is 19.1. The lowest BCUT2D eigenvalue weighted by atomic mass is 10.2. The molecular formula is C13H20FNO. The molecule has 0 aliphatic rings. The van der Waals surface area contributed by atoms with Gasteiger partial charge in [-0.25, -0.2) is 4.39 Å². The van der Waals surface area contributed by atoms with Gasteiger partial charge in [0.1, 0.15) is 18.2 Å². The Morgan fingerprint density at radius 2 is 2.19 bits per heavy atom. The number of nitrogens with one attached hydrogen (secondary N) is 1. The minimum absolute atomic E-state index is 0.215. The van der Waals surface area contributed by atoms with Gasteiger partial charge in [0.15, 0.2) is 0 Å². The van der Waals surface area contributed by atoms with Crippen molar-refractivity contribution in [2.75, 3.05) is 13.2 Å². The zero-order valence-electron chi connectivity index (χ0n) is 10.2. The second kappa shape index (κ2) is 6.48. The summed E-state index contributed by atoms with van der Waals surface area (Å²) in [5.74, 6) is 0.376. The van der Waals surface area contributed by atoms with Crippen LogP contribution in [-0.4, -0.2) is 19.2 Å². The number of halogens is 1. The van der Waals surface area contributed by atoms with Gasteiger partial charge in [-0.05, 0) is 31.9 Å². The highest BCUT2D eigenvalue weighted by molar-refractivity contribution is 5.27. The van der Waals surface area contributed by atoms with Crippen molar-refractivity contribution in [3.8, 4) is 5.75 Å². The molecule has 1 aromatic rings. The van der Waals surface area contributed by atoms with Gasteiger partial charge in [0.2, 0.25) is 0 Å². The van der Waals surface area contributed by atoms with Gasteiger partial charge >= 0.3 is 0 Å². The second-order valence-corrected chi connectivity index (χ2v) is 4.02. The van der Waals surface area contributed by atoms with E-state index in [9.17, 15) is 4.39 Å². The van der Waals surface area contributed by atoms with Crippen molar-refractivity contribution in [3.63, 3.8) is 0 Å². The number of hydrogen-bond acceptors (Lipinski definition) is 2. The fourth-order valence-electron chi connectivity index (χ4n) is 1.28. The van der Waals surface area contributed by atoms with Crippen molar-refractivity contribution in [1.82, 2.24) is 5.32 Å². The van der Waals surface area contributed by atoms with Gasteiger partial charge < -0.3 is 10.1 Å². The molecule has 1 atom stereocenters. The minimum Gasteiger partial charge on any atom is -0.492 e. The fourth-order valence-corrected chi connectivity index (χ4v) is 1.28. The first-order valence-electron chi connectivity index (χ1n) is 5.75. The molecule has 2 nitrogen and oxygen atoms in total. The summed E-state index contributed by atoms with van der Waals surface area (Å²) in [6.07, 6.45) is 1.10. The molecular weight excluding hydrogens is 205 g/mol. The van der Waals surface area contributed by atoms with Crippen LogP contribution in [0.15, 0.2) is 18.2 Å². The second-order valence-electron chi connectivity index (χ2n) is 4.02. The van der Waals surface area contributed by atoms with Gasteiger partial charge in [0.05, 0.1) is 0 Å². The minimum atomic E-state index is -0.215. The summed E-state index contributed by atoms with van der Waals surface area (Å²) in [5, 5.41) is 3.31. The molecule has 0 fully saturated rings. The Bertz CT molecular complexity index is 328. The first kappa shape index (κ1) is 13.0. The molecule has 0 radical (unpaired) electrons. The Morgan fingerprint density at radius 3 is 2.81 bits per heavy atom. The van der Waals surface area contributed by atoms with Crippen LogP contribution in [0.4, 0.5) is 4.39 Å². The zero-order chi connectivity index (χ0) is 12.0. The van der Waals surface area contributed by atoms with E-state index in [2.05, 4.69) is 19.2 Å². The van der Waals surface area contributed by atoms with Gasteiger partial charge in [0, 0.05) is 18.7 Å². The van der Waals surface area contributed by atoms with E-state index in [1.54, 1.807) is 19.1 Å². The molecule has 3 heteroatoms. The number of benzene rings is 1. The molecule has 0 bridgehead atoms. The quantitative estimate of drug-likeness (QED) is 0.752. The third kappa shape index (κ3) is 4.19. The van der Waals surface area contributed by atoms with Gasteiger partial charge in [-0.3, -0.25) is 0 Å². The van der Waals surface area contributed by atoms with E-state index in [-0.39, 0.29) is 5.82 Å². The van der Waals surface area contributed by atoms with Crippen molar-refractivity contribution >= 4 is 0 Å². The van der Waals surface area contributed by atoms with Gasteiger partial charge in [-0.2, -0.15) is 0 Å². The first-order chi connectivity index (χ1) is 7.63. The Morgan fingerprint density at radius 1 is 1.44 bits per heavy atom. The van der Waals surface area contributed by atoms with Crippen LogP contribution < -0.4 is 10.1 Å². The number of hydrogen-bond donors (Lipinski definition) is 1. The molecule has 0 saturated heterocycles. The van der Waals surface area contributed by atoms with Gasteiger partial charge in [-0.15, -0.1) is 0 Å². The van der Waals surface area contributed by atoms with E-state index in [4.69, 9.17) is 4.74 Å². The maximum atomic E-state index is 13.2. The van der Waals surface area contributed by atoms with Crippen molar-refractivity contribution in [2.45, 2.75) is 33.2 Å². The van der Waals surface area contributed by atoms with Crippen molar-refractivity contribution < 1.29 is 9.13 Å². The summed E-state index contributed by atoms with van der Waals surface area (Å²) in [6, 6.07) is 5.45. The highest BCUT2D eigenvalue weighted by Gasteiger charge is 2.00. The summed E-state index contributed by atoms with van der Waals surface area (Å²) < 4.78 is 18.6.